The fourth-order valence-corrected chi connectivity index (χ4v) is 3.46. The zero-order valence-electron chi connectivity index (χ0n) is 17.5. The molecule has 0 aromatic carbocycles. The monoisotopic (exact) mass is 405 g/mol. The molecule has 8 nitrogen and oxygen atoms in total. The van der Waals surface area contributed by atoms with Gasteiger partial charge in [0.05, 0.1) is 6.54 Å². The van der Waals surface area contributed by atoms with Crippen LogP contribution in [0.5, 0.6) is 0 Å². The van der Waals surface area contributed by atoms with Crippen molar-refractivity contribution in [3.63, 3.8) is 0 Å². The van der Waals surface area contributed by atoms with E-state index < -0.39 is 0 Å². The first kappa shape index (κ1) is 21.9. The molecule has 9 heteroatoms. The molecule has 1 N–H and O–H groups in total. The lowest BCUT2D eigenvalue weighted by Gasteiger charge is -2.26. The van der Waals surface area contributed by atoms with Crippen molar-refractivity contribution in [1.82, 2.24) is 29.9 Å². The van der Waals surface area contributed by atoms with Gasteiger partial charge in [0.25, 0.3) is 0 Å². The molecular formula is C19H31N7OS. The second-order valence-corrected chi connectivity index (χ2v) is 7.57. The molecule has 2 heterocycles. The van der Waals surface area contributed by atoms with Gasteiger partial charge in [-0.05, 0) is 38.6 Å². The maximum Gasteiger partial charge on any atom is 0.242 e. The Morgan fingerprint density at radius 3 is 2.64 bits per heavy atom. The summed E-state index contributed by atoms with van der Waals surface area (Å²) in [6.07, 6.45) is 0.914. The third kappa shape index (κ3) is 6.05. The van der Waals surface area contributed by atoms with E-state index in [1.165, 1.54) is 4.88 Å². The molecular weight excluding hydrogens is 374 g/mol. The van der Waals surface area contributed by atoms with Gasteiger partial charge in [0.15, 0.2) is 11.8 Å². The molecule has 154 valence electrons. The second-order valence-electron chi connectivity index (χ2n) is 6.54. The number of hydrogen-bond acceptors (Lipinski definition) is 5. The Kier molecular flexibility index (Phi) is 8.43. The summed E-state index contributed by atoms with van der Waals surface area (Å²) in [6, 6.07) is 4.18. The van der Waals surface area contributed by atoms with Crippen LogP contribution in [0.2, 0.25) is 0 Å². The number of thiophene rings is 1. The van der Waals surface area contributed by atoms with Crippen molar-refractivity contribution in [1.29, 1.82) is 0 Å². The summed E-state index contributed by atoms with van der Waals surface area (Å²) >= 11 is 1.74. The summed E-state index contributed by atoms with van der Waals surface area (Å²) in [7, 11) is 3.82. The highest BCUT2D eigenvalue weighted by molar-refractivity contribution is 7.09. The lowest BCUT2D eigenvalue weighted by atomic mass is 10.3. The Morgan fingerprint density at radius 2 is 2.07 bits per heavy atom. The van der Waals surface area contributed by atoms with Gasteiger partial charge in [0.1, 0.15) is 12.4 Å². The van der Waals surface area contributed by atoms with Crippen molar-refractivity contribution in [3.05, 3.63) is 34.0 Å². The highest BCUT2D eigenvalue weighted by atomic mass is 32.1. The van der Waals surface area contributed by atoms with Gasteiger partial charge in [-0.2, -0.15) is 0 Å². The number of carbonyl (C=O) groups excluding carboxylic acids is 1. The van der Waals surface area contributed by atoms with Crippen LogP contribution in [0, 0.1) is 6.92 Å². The van der Waals surface area contributed by atoms with Crippen LogP contribution in [0.15, 0.2) is 22.5 Å². The highest BCUT2D eigenvalue weighted by Gasteiger charge is 2.16. The molecule has 0 saturated heterocycles. The molecule has 0 radical (unpaired) electrons. The fourth-order valence-electron chi connectivity index (χ4n) is 2.75. The van der Waals surface area contributed by atoms with E-state index in [0.717, 1.165) is 24.6 Å². The average molecular weight is 406 g/mol. The molecule has 2 aromatic rings. The first-order valence-electron chi connectivity index (χ1n) is 9.60. The first-order chi connectivity index (χ1) is 13.5. The fraction of sp³-hybridized carbons (Fsp3) is 0.579. The minimum absolute atomic E-state index is 0.0924. The van der Waals surface area contributed by atoms with Crippen LogP contribution in [-0.4, -0.2) is 69.7 Å². The van der Waals surface area contributed by atoms with E-state index >= 15 is 0 Å². The van der Waals surface area contributed by atoms with Crippen molar-refractivity contribution in [2.75, 3.05) is 33.2 Å². The van der Waals surface area contributed by atoms with Crippen molar-refractivity contribution in [3.8, 4) is 0 Å². The molecule has 0 atom stereocenters. The lowest BCUT2D eigenvalue weighted by molar-refractivity contribution is -0.131. The number of rotatable bonds is 9. The van der Waals surface area contributed by atoms with Crippen molar-refractivity contribution < 1.29 is 4.79 Å². The molecule has 0 fully saturated rings. The topological polar surface area (TPSA) is 78.7 Å². The number of likely N-dealkylation sites (N-methyl/N-ethyl adjacent to an activating group) is 2. The minimum Gasteiger partial charge on any atom is -0.356 e. The largest absolute Gasteiger partial charge is 0.356 e. The molecule has 0 aliphatic rings. The summed E-state index contributed by atoms with van der Waals surface area (Å²) in [5, 5.41) is 13.7. The van der Waals surface area contributed by atoms with E-state index in [4.69, 9.17) is 4.99 Å². The minimum atomic E-state index is 0.0924. The van der Waals surface area contributed by atoms with Crippen LogP contribution >= 0.6 is 11.3 Å². The number of carbonyl (C=O) groups is 1. The third-order valence-electron chi connectivity index (χ3n) is 4.64. The Bertz CT molecular complexity index is 765. The molecule has 1 amide bonds. The second kappa shape index (κ2) is 10.8. The predicted molar refractivity (Wildman–Crippen MR) is 113 cm³/mol. The van der Waals surface area contributed by atoms with E-state index in [2.05, 4.69) is 33.0 Å². The molecule has 0 saturated carbocycles. The summed E-state index contributed by atoms with van der Waals surface area (Å²) in [5.41, 5.74) is 0. The number of hydrogen-bond donors (Lipinski definition) is 1. The first-order valence-corrected chi connectivity index (χ1v) is 10.5. The third-order valence-corrected chi connectivity index (χ3v) is 5.57. The van der Waals surface area contributed by atoms with Crippen LogP contribution in [0.4, 0.5) is 0 Å². The zero-order valence-corrected chi connectivity index (χ0v) is 18.3. The summed E-state index contributed by atoms with van der Waals surface area (Å²) < 4.78 is 1.92. The number of guanidine groups is 1. The van der Waals surface area contributed by atoms with Crippen LogP contribution in [0.25, 0.3) is 0 Å². The summed E-state index contributed by atoms with van der Waals surface area (Å²) in [4.78, 5) is 22.2. The highest BCUT2D eigenvalue weighted by Crippen LogP contribution is 2.08. The number of nitrogens with one attached hydrogen (secondary N) is 1. The van der Waals surface area contributed by atoms with Gasteiger partial charge in [-0.1, -0.05) is 6.07 Å². The normalized spacial score (nSPS) is 11.5. The molecule has 0 unspecified atom stereocenters. The van der Waals surface area contributed by atoms with Crippen LogP contribution in [0.3, 0.4) is 0 Å². The van der Waals surface area contributed by atoms with Crippen molar-refractivity contribution in [2.45, 2.75) is 33.7 Å². The molecule has 0 spiro atoms. The zero-order chi connectivity index (χ0) is 20.5. The SMILES string of the molecule is CCN(CC)C(=O)CN(C)C(=NCc1nnc(C)n1C)NCCc1cccs1. The van der Waals surface area contributed by atoms with E-state index in [0.29, 0.717) is 25.6 Å². The molecule has 0 aliphatic heterocycles. The van der Waals surface area contributed by atoms with E-state index in [1.807, 2.05) is 49.2 Å². The predicted octanol–water partition coefficient (Wildman–Crippen LogP) is 1.67. The molecule has 28 heavy (non-hydrogen) atoms. The van der Waals surface area contributed by atoms with Gasteiger partial charge in [-0.3, -0.25) is 4.79 Å². The smallest absolute Gasteiger partial charge is 0.242 e. The number of amides is 1. The quantitative estimate of drug-likeness (QED) is 0.507. The van der Waals surface area contributed by atoms with Crippen LogP contribution < -0.4 is 5.32 Å². The molecule has 0 aliphatic carbocycles. The molecule has 2 aromatic heterocycles. The lowest BCUT2D eigenvalue weighted by Crippen LogP contribution is -2.46. The Balaban J connectivity index is 2.06. The maximum atomic E-state index is 12.5. The van der Waals surface area contributed by atoms with Crippen molar-refractivity contribution >= 4 is 23.2 Å². The van der Waals surface area contributed by atoms with Gasteiger partial charge in [-0.15, -0.1) is 21.5 Å². The van der Waals surface area contributed by atoms with E-state index in [9.17, 15) is 4.79 Å². The Labute approximate surface area is 171 Å². The van der Waals surface area contributed by atoms with Gasteiger partial charge < -0.3 is 19.7 Å². The number of aliphatic imine (C=N–C) groups is 1. The van der Waals surface area contributed by atoms with Gasteiger partial charge in [0, 0.05) is 38.6 Å². The number of aryl methyl sites for hydroxylation is 1. The number of aromatic nitrogens is 3. The van der Waals surface area contributed by atoms with Crippen LogP contribution in [-0.2, 0) is 24.8 Å². The molecule has 2 rings (SSSR count). The summed E-state index contributed by atoms with van der Waals surface area (Å²) in [6.45, 7) is 8.75. The van der Waals surface area contributed by atoms with E-state index in [-0.39, 0.29) is 12.5 Å². The van der Waals surface area contributed by atoms with Crippen LogP contribution in [0.1, 0.15) is 30.4 Å². The Morgan fingerprint density at radius 1 is 1.32 bits per heavy atom. The standard InChI is InChI=1S/C19H31N7OS/c1-6-26(7-2)18(27)14-24(4)19(20-11-10-16-9-8-12-28-16)21-13-17-23-22-15(3)25(17)5/h8-9,12H,6-7,10-11,13-14H2,1-5H3,(H,20,21). The van der Waals surface area contributed by atoms with Gasteiger partial charge >= 0.3 is 0 Å². The Hall–Kier alpha value is -2.42. The van der Waals surface area contributed by atoms with Gasteiger partial charge in [0.2, 0.25) is 5.91 Å². The maximum absolute atomic E-state index is 12.5. The van der Waals surface area contributed by atoms with Crippen molar-refractivity contribution in [2.24, 2.45) is 12.0 Å². The average Bonchev–Trinajstić information content (AvgIpc) is 3.30. The van der Waals surface area contributed by atoms with Gasteiger partial charge in [-0.25, -0.2) is 4.99 Å². The molecule has 0 bridgehead atoms. The summed E-state index contributed by atoms with van der Waals surface area (Å²) in [5.74, 6) is 2.42. The number of nitrogens with zero attached hydrogens (tertiary/aromatic N) is 6. The van der Waals surface area contributed by atoms with E-state index in [1.54, 1.807) is 11.3 Å².